The van der Waals surface area contributed by atoms with Crippen LogP contribution >= 0.6 is 34.7 Å². The number of fused-ring (bicyclic) bond motifs is 6. The quantitative estimate of drug-likeness (QED) is 0.0285. The van der Waals surface area contributed by atoms with Crippen molar-refractivity contribution in [2.24, 2.45) is 30.7 Å². The molecule has 21 nitrogen and oxygen atoms in total. The number of aryl methyl sites for hydroxylation is 2. The molecule has 0 aliphatic carbocycles. The summed E-state index contributed by atoms with van der Waals surface area (Å²) in [5, 5.41) is 50.0. The summed E-state index contributed by atoms with van der Waals surface area (Å²) < 4.78 is 107. The molecule has 0 aliphatic rings. The minimum atomic E-state index is -4.66. The van der Waals surface area contributed by atoms with Crippen LogP contribution in [0, 0.1) is 32.1 Å². The molecule has 5 aromatic carbocycles. The molecule has 0 aliphatic heterocycles. The van der Waals surface area contributed by atoms with Crippen LogP contribution in [0.4, 0.5) is 33.6 Å². The van der Waals surface area contributed by atoms with E-state index < -0.39 is 41.9 Å². The Balaban J connectivity index is 1.16. The number of hydrogen-bond donors (Lipinski definition) is 4. The van der Waals surface area contributed by atoms with Crippen LogP contribution in [-0.2, 0) is 30.4 Å². The van der Waals surface area contributed by atoms with Gasteiger partial charge in [0.1, 0.15) is 33.5 Å². The number of rotatable bonds is 17. The molecule has 0 radical (unpaired) electrons. The first-order chi connectivity index (χ1) is 33.6. The summed E-state index contributed by atoms with van der Waals surface area (Å²) >= 11 is 8.46. The van der Waals surface area contributed by atoms with Gasteiger partial charge in [-0.25, -0.2) is 9.97 Å². The first-order valence-corrected chi connectivity index (χ1v) is 27.7. The van der Waals surface area contributed by atoms with Gasteiger partial charge in [0.15, 0.2) is 11.3 Å². The van der Waals surface area contributed by atoms with Crippen LogP contribution in [0.1, 0.15) is 35.1 Å². The van der Waals surface area contributed by atoms with Crippen molar-refractivity contribution in [3.63, 3.8) is 0 Å². The second-order valence-corrected chi connectivity index (χ2v) is 22.8. The highest BCUT2D eigenvalue weighted by Gasteiger charge is 2.23. The molecule has 8 rings (SSSR count). The van der Waals surface area contributed by atoms with Gasteiger partial charge in [-0.3, -0.25) is 18.1 Å². The standard InChI is InChI=1S/C44H37ClN10O11S5/c1-23-16-33(51-53-39-25(3)29(22-46)42-47-32-19-27(45)10-11-35(32)55(42)43(39)56)36(66-12-6-14-69(57,58)59)20-30(23)49-52-34-17-24(2)31(21-37(34)67-13-7-15-70(60,61)62)50-54-44-48-40-38(71(63,64)65)18-26-8-4-5-9-28(26)41(40)68-44/h4-5,8-11,16-21,56H,6-7,12-15H2,1-3H3,(H,57,58,59)(H,60,61,62)(H,63,64,65). The number of nitriles is 1. The Morgan fingerprint density at radius 2 is 1.45 bits per heavy atom. The van der Waals surface area contributed by atoms with E-state index in [2.05, 4.69) is 46.7 Å². The fraction of sp³-hybridized carbons (Fsp3) is 0.205. The molecule has 0 saturated heterocycles. The predicted octanol–water partition coefficient (Wildman–Crippen LogP) is 11.9. The van der Waals surface area contributed by atoms with Crippen molar-refractivity contribution in [3.8, 4) is 17.7 Å². The van der Waals surface area contributed by atoms with Gasteiger partial charge in [-0.15, -0.1) is 37.3 Å². The SMILES string of the molecule is Cc1cc(N=Nc2cc(OCCCS(=O)(=O)O)c(N=Nc3c(C)c(C#N)c4nc5cc(Cl)ccc5n4c3O)cc2C)c(SCCCS(=O)(=O)O)cc1N=Nc1nc2c(S(=O)(=O)O)cc3ccccc3c2s1. The third-order valence-corrected chi connectivity index (χ3v) is 15.5. The molecule has 0 saturated carbocycles. The molecule has 0 amide bonds. The number of aromatic nitrogens is 3. The summed E-state index contributed by atoms with van der Waals surface area (Å²) in [7, 11) is -13.2. The van der Waals surface area contributed by atoms with Crippen molar-refractivity contribution < 1.29 is 48.8 Å². The van der Waals surface area contributed by atoms with Gasteiger partial charge in [-0.2, -0.15) is 35.6 Å². The van der Waals surface area contributed by atoms with Crippen LogP contribution in [-0.4, -0.2) is 82.3 Å². The van der Waals surface area contributed by atoms with Crippen LogP contribution in [0.15, 0.2) is 113 Å². The molecule has 3 heterocycles. The highest BCUT2D eigenvalue weighted by Crippen LogP contribution is 2.44. The van der Waals surface area contributed by atoms with Crippen LogP contribution in [0.25, 0.3) is 37.7 Å². The second-order valence-electron chi connectivity index (χ2n) is 15.7. The molecule has 0 bridgehead atoms. The lowest BCUT2D eigenvalue weighted by atomic mass is 10.1. The smallest absolute Gasteiger partial charge is 0.296 e. The number of pyridine rings is 1. The van der Waals surface area contributed by atoms with Crippen LogP contribution < -0.4 is 4.74 Å². The summed E-state index contributed by atoms with van der Waals surface area (Å²) in [6.07, 6.45) is -0.0344. The van der Waals surface area contributed by atoms with E-state index >= 15 is 0 Å². The number of aromatic hydroxyl groups is 1. The molecule has 366 valence electrons. The number of thiazole rings is 1. The summed E-state index contributed by atoms with van der Waals surface area (Å²) in [4.78, 5) is 9.00. The zero-order valence-corrected chi connectivity index (χ0v) is 42.0. The molecule has 8 aromatic rings. The Labute approximate surface area is 417 Å². The van der Waals surface area contributed by atoms with Crippen molar-refractivity contribution in [2.75, 3.05) is 23.9 Å². The minimum absolute atomic E-state index is 0.0297. The average molecular weight is 1080 g/mol. The summed E-state index contributed by atoms with van der Waals surface area (Å²) in [6, 6.07) is 21.7. The Kier molecular flexibility index (Phi) is 14.5. The van der Waals surface area contributed by atoms with E-state index in [-0.39, 0.29) is 86.2 Å². The predicted molar refractivity (Wildman–Crippen MR) is 269 cm³/mol. The highest BCUT2D eigenvalue weighted by atomic mass is 35.5. The molecule has 0 atom stereocenters. The fourth-order valence-corrected chi connectivity index (χ4v) is 11.2. The van der Waals surface area contributed by atoms with Crippen molar-refractivity contribution >= 4 is 136 Å². The highest BCUT2D eigenvalue weighted by molar-refractivity contribution is 7.99. The molecule has 3 aromatic heterocycles. The van der Waals surface area contributed by atoms with E-state index in [1.807, 2.05) is 0 Å². The lowest BCUT2D eigenvalue weighted by Gasteiger charge is -2.12. The number of nitrogens with zero attached hydrogens (tertiary/aromatic N) is 10. The molecule has 27 heteroatoms. The van der Waals surface area contributed by atoms with E-state index in [0.717, 1.165) is 11.3 Å². The topological polar surface area (TPSA) is 321 Å². The number of ether oxygens (including phenoxy) is 1. The number of hydrogen-bond acceptors (Lipinski definition) is 19. The number of benzene rings is 5. The molecule has 0 fully saturated rings. The summed E-state index contributed by atoms with van der Waals surface area (Å²) in [5.41, 5.74) is 3.55. The van der Waals surface area contributed by atoms with Gasteiger partial charge >= 0.3 is 0 Å². The lowest BCUT2D eigenvalue weighted by molar-refractivity contribution is 0.317. The largest absolute Gasteiger partial charge is 0.493 e. The Bertz CT molecular complexity index is 3970. The zero-order chi connectivity index (χ0) is 51.0. The minimum Gasteiger partial charge on any atom is -0.493 e. The van der Waals surface area contributed by atoms with E-state index in [9.17, 15) is 49.3 Å². The first-order valence-electron chi connectivity index (χ1n) is 20.8. The van der Waals surface area contributed by atoms with Gasteiger partial charge in [0, 0.05) is 26.9 Å². The number of thioether (sulfide) groups is 1. The van der Waals surface area contributed by atoms with E-state index in [1.165, 1.54) is 28.3 Å². The van der Waals surface area contributed by atoms with Gasteiger partial charge in [-0.05, 0) is 98.3 Å². The summed E-state index contributed by atoms with van der Waals surface area (Å²) in [6.45, 7) is 4.81. The third-order valence-electron chi connectivity index (χ3n) is 10.7. The molecule has 4 N–H and O–H groups in total. The van der Waals surface area contributed by atoms with Gasteiger partial charge in [0.25, 0.3) is 30.4 Å². The lowest BCUT2D eigenvalue weighted by Crippen LogP contribution is -2.08. The van der Waals surface area contributed by atoms with Crippen LogP contribution in [0.2, 0.25) is 5.02 Å². The Morgan fingerprint density at radius 3 is 2.17 bits per heavy atom. The fourth-order valence-electron chi connectivity index (χ4n) is 7.27. The van der Waals surface area contributed by atoms with Gasteiger partial charge in [0.2, 0.25) is 11.0 Å². The zero-order valence-electron chi connectivity index (χ0n) is 37.2. The van der Waals surface area contributed by atoms with Crippen molar-refractivity contribution in [3.05, 3.63) is 100 Å². The van der Waals surface area contributed by atoms with Crippen molar-refractivity contribution in [1.29, 1.82) is 5.26 Å². The number of imidazole rings is 1. The molecular formula is C44H37ClN10O11S5. The summed E-state index contributed by atoms with van der Waals surface area (Å²) in [5.74, 6) is -1.18. The monoisotopic (exact) mass is 1080 g/mol. The van der Waals surface area contributed by atoms with Gasteiger partial charge in [0.05, 0.1) is 50.9 Å². The molecule has 0 unspecified atom stereocenters. The number of halogens is 1. The maximum absolute atomic E-state index is 12.4. The first kappa shape index (κ1) is 50.8. The van der Waals surface area contributed by atoms with Crippen molar-refractivity contribution in [1.82, 2.24) is 14.4 Å². The van der Waals surface area contributed by atoms with Crippen LogP contribution in [0.5, 0.6) is 11.6 Å². The second kappa shape index (κ2) is 20.3. The molecule has 71 heavy (non-hydrogen) atoms. The maximum atomic E-state index is 12.4. The van der Waals surface area contributed by atoms with E-state index in [1.54, 1.807) is 81.4 Å². The van der Waals surface area contributed by atoms with Crippen molar-refractivity contribution in [2.45, 2.75) is 43.4 Å². The molecular weight excluding hydrogens is 1040 g/mol. The van der Waals surface area contributed by atoms with Gasteiger partial charge in [-0.1, -0.05) is 47.2 Å². The van der Waals surface area contributed by atoms with Crippen LogP contribution in [0.3, 0.4) is 0 Å². The van der Waals surface area contributed by atoms with E-state index in [0.29, 0.717) is 58.9 Å². The average Bonchev–Trinajstić information content (AvgIpc) is 3.90. The molecule has 0 spiro atoms. The Morgan fingerprint density at radius 1 is 0.789 bits per heavy atom. The Hall–Kier alpha value is -6.54. The third kappa shape index (κ3) is 11.5. The maximum Gasteiger partial charge on any atom is 0.296 e. The van der Waals surface area contributed by atoms with E-state index in [4.69, 9.17) is 16.3 Å². The number of azo groups is 3. The normalized spacial score (nSPS) is 12.8. The van der Waals surface area contributed by atoms with Gasteiger partial charge < -0.3 is 9.84 Å².